The van der Waals surface area contributed by atoms with Crippen LogP contribution in [0, 0.1) is 15.9 Å². The summed E-state index contributed by atoms with van der Waals surface area (Å²) in [6.07, 6.45) is 2.66. The third kappa shape index (κ3) is 2.48. The summed E-state index contributed by atoms with van der Waals surface area (Å²) in [5.74, 6) is -0.175. The lowest BCUT2D eigenvalue weighted by molar-refractivity contribution is -0.383. The fraction of sp³-hybridized carbons (Fsp3) is 0. The Balaban J connectivity index is 1.98. The first kappa shape index (κ1) is 13.3. The van der Waals surface area contributed by atoms with E-state index in [2.05, 4.69) is 15.4 Å². The van der Waals surface area contributed by atoms with Crippen molar-refractivity contribution >= 4 is 34.4 Å². The van der Waals surface area contributed by atoms with Gasteiger partial charge in [0.1, 0.15) is 17.8 Å². The largest absolute Gasteiger partial charge is 0.340 e. The van der Waals surface area contributed by atoms with E-state index in [0.717, 1.165) is 6.20 Å². The predicted octanol–water partition coefficient (Wildman–Crippen LogP) is 3.17. The summed E-state index contributed by atoms with van der Waals surface area (Å²) in [7, 11) is 0. The molecule has 0 amide bonds. The van der Waals surface area contributed by atoms with Crippen molar-refractivity contribution in [3.63, 3.8) is 0 Å². The van der Waals surface area contributed by atoms with Gasteiger partial charge in [0.05, 0.1) is 9.95 Å². The topological polar surface area (TPSA) is 85.4 Å². The van der Waals surface area contributed by atoms with Gasteiger partial charge in [0, 0.05) is 11.9 Å². The monoisotopic (exact) mass is 307 g/mol. The zero-order valence-electron chi connectivity index (χ0n) is 10.3. The average molecular weight is 308 g/mol. The van der Waals surface area contributed by atoms with E-state index in [1.165, 1.54) is 28.9 Å². The van der Waals surface area contributed by atoms with Crippen LogP contribution in [0.1, 0.15) is 0 Å². The maximum atomic E-state index is 13.1. The zero-order chi connectivity index (χ0) is 15.0. The van der Waals surface area contributed by atoms with Crippen LogP contribution in [-0.2, 0) is 0 Å². The van der Waals surface area contributed by atoms with E-state index in [1.807, 2.05) is 0 Å². The highest BCUT2D eigenvalue weighted by Gasteiger charge is 2.16. The van der Waals surface area contributed by atoms with Gasteiger partial charge in [-0.05, 0) is 24.3 Å². The molecule has 0 aliphatic rings. The number of nitrogens with one attached hydrogen (secondary N) is 1. The summed E-state index contributed by atoms with van der Waals surface area (Å²) in [5, 5.41) is 17.6. The normalized spacial score (nSPS) is 10.8. The molecule has 0 unspecified atom stereocenters. The molecule has 3 aromatic rings. The van der Waals surface area contributed by atoms with Gasteiger partial charge in [-0.15, -0.1) is 0 Å². The lowest BCUT2D eigenvalue weighted by Crippen LogP contribution is -1.98. The Kier molecular flexibility index (Phi) is 3.15. The summed E-state index contributed by atoms with van der Waals surface area (Å²) in [6, 6.07) is 5.68. The molecule has 21 heavy (non-hydrogen) atoms. The summed E-state index contributed by atoms with van der Waals surface area (Å²) in [6.45, 7) is 0. The van der Waals surface area contributed by atoms with Crippen LogP contribution >= 0.6 is 11.6 Å². The predicted molar refractivity (Wildman–Crippen MR) is 74.3 cm³/mol. The second-order valence-corrected chi connectivity index (χ2v) is 4.53. The summed E-state index contributed by atoms with van der Waals surface area (Å²) in [4.78, 5) is 14.4. The van der Waals surface area contributed by atoms with E-state index in [1.54, 1.807) is 6.07 Å². The first-order valence-corrected chi connectivity index (χ1v) is 6.13. The van der Waals surface area contributed by atoms with Crippen molar-refractivity contribution in [2.45, 2.75) is 0 Å². The SMILES string of the molecule is O=[N+]([O-])c1cnn2ccc(Nc3ccc(F)c(Cl)c3)nc12. The van der Waals surface area contributed by atoms with Crippen molar-refractivity contribution in [3.05, 3.63) is 57.6 Å². The van der Waals surface area contributed by atoms with E-state index >= 15 is 0 Å². The minimum absolute atomic E-state index is 0.0311. The van der Waals surface area contributed by atoms with Crippen LogP contribution in [-0.4, -0.2) is 19.5 Å². The van der Waals surface area contributed by atoms with Gasteiger partial charge in [-0.25, -0.2) is 13.9 Å². The van der Waals surface area contributed by atoms with Crippen LogP contribution < -0.4 is 5.32 Å². The van der Waals surface area contributed by atoms with Gasteiger partial charge in [-0.1, -0.05) is 11.6 Å². The highest BCUT2D eigenvalue weighted by molar-refractivity contribution is 6.31. The number of nitro groups is 1. The van der Waals surface area contributed by atoms with Crippen molar-refractivity contribution in [2.75, 3.05) is 5.32 Å². The fourth-order valence-corrected chi connectivity index (χ4v) is 1.96. The van der Waals surface area contributed by atoms with E-state index < -0.39 is 10.7 Å². The maximum absolute atomic E-state index is 13.1. The number of anilines is 2. The van der Waals surface area contributed by atoms with Gasteiger partial charge in [0.2, 0.25) is 5.65 Å². The van der Waals surface area contributed by atoms with Crippen LogP contribution in [0.4, 0.5) is 21.6 Å². The van der Waals surface area contributed by atoms with Crippen molar-refractivity contribution in [1.82, 2.24) is 14.6 Å². The van der Waals surface area contributed by atoms with E-state index in [9.17, 15) is 14.5 Å². The van der Waals surface area contributed by atoms with Crippen LogP contribution in [0.15, 0.2) is 36.7 Å². The Morgan fingerprint density at radius 1 is 1.38 bits per heavy atom. The van der Waals surface area contributed by atoms with E-state index in [4.69, 9.17) is 11.6 Å². The molecule has 0 spiro atoms. The molecule has 2 heterocycles. The second-order valence-electron chi connectivity index (χ2n) is 4.12. The van der Waals surface area contributed by atoms with Crippen LogP contribution in [0.25, 0.3) is 5.65 Å². The molecule has 106 valence electrons. The van der Waals surface area contributed by atoms with E-state index in [0.29, 0.717) is 11.5 Å². The third-order valence-electron chi connectivity index (χ3n) is 2.74. The first-order valence-electron chi connectivity index (χ1n) is 5.75. The highest BCUT2D eigenvalue weighted by atomic mass is 35.5. The van der Waals surface area contributed by atoms with Gasteiger partial charge in [-0.2, -0.15) is 5.10 Å². The van der Waals surface area contributed by atoms with Crippen molar-refractivity contribution in [1.29, 1.82) is 0 Å². The number of fused-ring (bicyclic) bond motifs is 1. The first-order chi connectivity index (χ1) is 10.0. The lowest BCUT2D eigenvalue weighted by Gasteiger charge is -2.06. The van der Waals surface area contributed by atoms with Gasteiger partial charge in [-0.3, -0.25) is 10.1 Å². The maximum Gasteiger partial charge on any atom is 0.333 e. The molecule has 7 nitrogen and oxygen atoms in total. The quantitative estimate of drug-likeness (QED) is 0.593. The smallest absolute Gasteiger partial charge is 0.333 e. The minimum Gasteiger partial charge on any atom is -0.340 e. The highest BCUT2D eigenvalue weighted by Crippen LogP contribution is 2.23. The zero-order valence-corrected chi connectivity index (χ0v) is 11.1. The molecule has 0 fully saturated rings. The summed E-state index contributed by atoms with van der Waals surface area (Å²) in [5.41, 5.74) is 0.425. The van der Waals surface area contributed by atoms with Gasteiger partial charge in [0.15, 0.2) is 0 Å². The number of hydrogen-bond donors (Lipinski definition) is 1. The number of rotatable bonds is 3. The van der Waals surface area contributed by atoms with Crippen molar-refractivity contribution in [2.24, 2.45) is 0 Å². The molecular formula is C12H7ClFN5O2. The number of halogens is 2. The molecule has 0 atom stereocenters. The van der Waals surface area contributed by atoms with Crippen LogP contribution in [0.2, 0.25) is 5.02 Å². The molecule has 2 aromatic heterocycles. The molecule has 1 N–H and O–H groups in total. The Hall–Kier alpha value is -2.74. The van der Waals surface area contributed by atoms with Gasteiger partial charge >= 0.3 is 5.69 Å². The summed E-state index contributed by atoms with van der Waals surface area (Å²) < 4.78 is 14.4. The fourth-order valence-electron chi connectivity index (χ4n) is 1.78. The van der Waals surface area contributed by atoms with Gasteiger partial charge < -0.3 is 5.32 Å². The molecule has 0 saturated carbocycles. The Morgan fingerprint density at radius 3 is 2.90 bits per heavy atom. The number of benzene rings is 1. The molecule has 0 aliphatic heterocycles. The van der Waals surface area contributed by atoms with Crippen LogP contribution in [0.5, 0.6) is 0 Å². The molecule has 9 heteroatoms. The number of aromatic nitrogens is 3. The number of hydrogen-bond acceptors (Lipinski definition) is 5. The third-order valence-corrected chi connectivity index (χ3v) is 3.03. The molecule has 3 rings (SSSR count). The van der Waals surface area contributed by atoms with Crippen molar-refractivity contribution < 1.29 is 9.31 Å². The Morgan fingerprint density at radius 2 is 2.19 bits per heavy atom. The lowest BCUT2D eigenvalue weighted by atomic mass is 10.3. The standard InChI is InChI=1S/C12H7ClFN5O2/c13-8-5-7(1-2-9(8)14)16-11-3-4-18-12(17-11)10(6-15-18)19(20)21/h1-6H,(H,16,17). The van der Waals surface area contributed by atoms with Gasteiger partial charge in [0.25, 0.3) is 0 Å². The van der Waals surface area contributed by atoms with Crippen LogP contribution in [0.3, 0.4) is 0 Å². The van der Waals surface area contributed by atoms with Crippen molar-refractivity contribution in [3.8, 4) is 0 Å². The molecule has 0 aliphatic carbocycles. The number of nitrogens with zero attached hydrogens (tertiary/aromatic N) is 4. The summed E-state index contributed by atoms with van der Waals surface area (Å²) >= 11 is 5.69. The Labute approximate surface area is 122 Å². The second kappa shape index (κ2) is 4.98. The average Bonchev–Trinajstić information content (AvgIpc) is 2.86. The molecule has 1 aromatic carbocycles. The molecule has 0 saturated heterocycles. The minimum atomic E-state index is -0.562. The molecular weight excluding hydrogens is 301 g/mol. The Bertz CT molecular complexity index is 851. The molecule has 0 bridgehead atoms. The van der Waals surface area contributed by atoms with E-state index in [-0.39, 0.29) is 16.4 Å². The molecule has 0 radical (unpaired) electrons.